The molecule has 0 saturated heterocycles. The lowest BCUT2D eigenvalue weighted by Gasteiger charge is -2.37. The Morgan fingerprint density at radius 2 is 2.03 bits per heavy atom. The summed E-state index contributed by atoms with van der Waals surface area (Å²) in [6.45, 7) is 4.66. The van der Waals surface area contributed by atoms with Crippen LogP contribution < -0.4 is 19.9 Å². The molecule has 168 valence electrons. The number of hydrogen-bond donors (Lipinski definition) is 1. The Kier molecular flexibility index (Phi) is 5.68. The van der Waals surface area contributed by atoms with Crippen molar-refractivity contribution >= 4 is 23.4 Å². The van der Waals surface area contributed by atoms with Gasteiger partial charge in [-0.2, -0.15) is 10.1 Å². The molecule has 1 aliphatic rings. The van der Waals surface area contributed by atoms with E-state index in [2.05, 4.69) is 20.4 Å². The number of nitrogens with one attached hydrogen (secondary N) is 1. The lowest BCUT2D eigenvalue weighted by atomic mass is 10.1. The molecule has 0 saturated carbocycles. The maximum atomic E-state index is 13.4. The number of rotatable bonds is 6. The van der Waals surface area contributed by atoms with Gasteiger partial charge >= 0.3 is 0 Å². The van der Waals surface area contributed by atoms with Gasteiger partial charge in [-0.05, 0) is 19.9 Å². The maximum Gasteiger partial charge on any atom is 0.249 e. The number of amides is 1. The fraction of sp³-hybridized carbons (Fsp3) is 0.364. The predicted molar refractivity (Wildman–Crippen MR) is 120 cm³/mol. The molecule has 1 aromatic carbocycles. The van der Waals surface area contributed by atoms with Crippen LogP contribution in [-0.4, -0.2) is 52.9 Å². The standard InChI is InChI=1S/C22H26FN7O2/c1-13-19-20(28(3)14(2)21(31)29(19)4)27-22(26-13)24-9-15-10-25-30(11-15)12-16-6-7-17(23)8-18(16)32-5/h6-8,10-11,14H,9,12H2,1-5H3,(H,24,26,27)/t14-/m0/s1. The van der Waals surface area contributed by atoms with Gasteiger partial charge in [0.25, 0.3) is 0 Å². The number of nitrogens with zero attached hydrogens (tertiary/aromatic N) is 6. The summed E-state index contributed by atoms with van der Waals surface area (Å²) in [7, 11) is 5.13. The van der Waals surface area contributed by atoms with Crippen LogP contribution in [-0.2, 0) is 17.9 Å². The smallest absolute Gasteiger partial charge is 0.249 e. The molecule has 9 nitrogen and oxygen atoms in total. The first-order valence-electron chi connectivity index (χ1n) is 10.2. The zero-order valence-electron chi connectivity index (χ0n) is 18.8. The van der Waals surface area contributed by atoms with Crippen molar-refractivity contribution in [3.63, 3.8) is 0 Å². The molecule has 3 heterocycles. The molecule has 1 amide bonds. The molecule has 0 unspecified atom stereocenters. The number of ether oxygens (including phenoxy) is 1. The van der Waals surface area contributed by atoms with Gasteiger partial charge in [0.2, 0.25) is 11.9 Å². The minimum Gasteiger partial charge on any atom is -0.496 e. The molecule has 32 heavy (non-hydrogen) atoms. The summed E-state index contributed by atoms with van der Waals surface area (Å²) < 4.78 is 20.4. The number of carbonyl (C=O) groups is 1. The summed E-state index contributed by atoms with van der Waals surface area (Å²) in [5.74, 6) is 1.36. The quantitative estimate of drug-likeness (QED) is 0.632. The van der Waals surface area contributed by atoms with Crippen LogP contribution in [0, 0.1) is 12.7 Å². The Morgan fingerprint density at radius 3 is 2.78 bits per heavy atom. The summed E-state index contributed by atoms with van der Waals surface area (Å²) >= 11 is 0. The number of aryl methyl sites for hydroxylation is 1. The molecule has 10 heteroatoms. The van der Waals surface area contributed by atoms with E-state index < -0.39 is 0 Å². The summed E-state index contributed by atoms with van der Waals surface area (Å²) in [4.78, 5) is 25.1. The van der Waals surface area contributed by atoms with E-state index >= 15 is 0 Å². The second kappa shape index (κ2) is 8.45. The highest BCUT2D eigenvalue weighted by Crippen LogP contribution is 2.35. The van der Waals surface area contributed by atoms with Crippen molar-refractivity contribution < 1.29 is 13.9 Å². The molecule has 3 aromatic rings. The molecule has 2 aromatic heterocycles. The second-order valence-corrected chi connectivity index (χ2v) is 7.84. The van der Waals surface area contributed by atoms with Gasteiger partial charge in [-0.15, -0.1) is 0 Å². The first-order valence-corrected chi connectivity index (χ1v) is 10.2. The van der Waals surface area contributed by atoms with Crippen LogP contribution in [0.2, 0.25) is 0 Å². The van der Waals surface area contributed by atoms with Gasteiger partial charge in [0.15, 0.2) is 5.82 Å². The molecular formula is C22H26FN7O2. The van der Waals surface area contributed by atoms with Crippen LogP contribution in [0.1, 0.15) is 23.7 Å². The Balaban J connectivity index is 1.48. The Morgan fingerprint density at radius 1 is 1.25 bits per heavy atom. The van der Waals surface area contributed by atoms with E-state index in [1.807, 2.05) is 32.0 Å². The van der Waals surface area contributed by atoms with E-state index in [9.17, 15) is 9.18 Å². The zero-order chi connectivity index (χ0) is 23.0. The number of methoxy groups -OCH3 is 1. The van der Waals surface area contributed by atoms with E-state index in [0.29, 0.717) is 30.6 Å². The van der Waals surface area contributed by atoms with Crippen molar-refractivity contribution in [2.45, 2.75) is 33.0 Å². The van der Waals surface area contributed by atoms with E-state index in [1.165, 1.54) is 19.2 Å². The van der Waals surface area contributed by atoms with E-state index in [4.69, 9.17) is 4.74 Å². The molecular weight excluding hydrogens is 413 g/mol. The summed E-state index contributed by atoms with van der Waals surface area (Å²) in [5.41, 5.74) is 3.23. The highest BCUT2D eigenvalue weighted by Gasteiger charge is 2.34. The topological polar surface area (TPSA) is 88.4 Å². The van der Waals surface area contributed by atoms with Gasteiger partial charge in [0.05, 0.1) is 25.5 Å². The molecule has 0 aliphatic carbocycles. The Hall–Kier alpha value is -3.69. The van der Waals surface area contributed by atoms with Gasteiger partial charge in [-0.25, -0.2) is 9.37 Å². The lowest BCUT2D eigenvalue weighted by molar-refractivity contribution is -0.119. The average molecular weight is 439 g/mol. The summed E-state index contributed by atoms with van der Waals surface area (Å²) in [6, 6.07) is 4.16. The van der Waals surface area contributed by atoms with E-state index in [-0.39, 0.29) is 17.8 Å². The number of anilines is 3. The fourth-order valence-corrected chi connectivity index (χ4v) is 3.80. The third kappa shape index (κ3) is 3.95. The number of benzene rings is 1. The summed E-state index contributed by atoms with van der Waals surface area (Å²) in [6.07, 6.45) is 3.66. The number of likely N-dealkylation sites (N-methyl/N-ethyl adjacent to an activating group) is 2. The lowest BCUT2D eigenvalue weighted by Crippen LogP contribution is -2.49. The van der Waals surface area contributed by atoms with Gasteiger partial charge in [-0.3, -0.25) is 9.48 Å². The van der Waals surface area contributed by atoms with Crippen molar-refractivity contribution in [3.8, 4) is 5.75 Å². The molecule has 0 fully saturated rings. The van der Waals surface area contributed by atoms with Crippen LogP contribution in [0.4, 0.5) is 21.8 Å². The number of aromatic nitrogens is 4. The molecule has 1 aliphatic heterocycles. The first-order chi connectivity index (χ1) is 15.3. The van der Waals surface area contributed by atoms with Gasteiger partial charge < -0.3 is 19.9 Å². The molecule has 0 radical (unpaired) electrons. The normalized spacial score (nSPS) is 15.7. The molecule has 0 bridgehead atoms. The van der Waals surface area contributed by atoms with Crippen LogP contribution in [0.15, 0.2) is 30.6 Å². The van der Waals surface area contributed by atoms with E-state index in [0.717, 1.165) is 22.5 Å². The van der Waals surface area contributed by atoms with Crippen molar-refractivity contribution in [2.75, 3.05) is 36.3 Å². The van der Waals surface area contributed by atoms with Crippen LogP contribution in [0.5, 0.6) is 5.75 Å². The number of halogens is 1. The fourth-order valence-electron chi connectivity index (χ4n) is 3.80. The van der Waals surface area contributed by atoms with Gasteiger partial charge in [0, 0.05) is 44.0 Å². The Labute approximate surface area is 185 Å². The first kappa shape index (κ1) is 21.5. The Bertz CT molecular complexity index is 1160. The van der Waals surface area contributed by atoms with Crippen molar-refractivity contribution in [2.24, 2.45) is 0 Å². The number of fused-ring (bicyclic) bond motifs is 1. The number of carbonyl (C=O) groups excluding carboxylic acids is 1. The number of hydrogen-bond acceptors (Lipinski definition) is 7. The van der Waals surface area contributed by atoms with Crippen LogP contribution >= 0.6 is 0 Å². The summed E-state index contributed by atoms with van der Waals surface area (Å²) in [5, 5.41) is 7.62. The van der Waals surface area contributed by atoms with Gasteiger partial charge in [0.1, 0.15) is 23.3 Å². The molecule has 1 atom stereocenters. The van der Waals surface area contributed by atoms with Crippen molar-refractivity contribution in [3.05, 3.63) is 53.2 Å². The van der Waals surface area contributed by atoms with Gasteiger partial charge in [-0.1, -0.05) is 6.07 Å². The largest absolute Gasteiger partial charge is 0.496 e. The highest BCUT2D eigenvalue weighted by molar-refractivity contribution is 6.04. The second-order valence-electron chi connectivity index (χ2n) is 7.84. The maximum absolute atomic E-state index is 13.4. The third-order valence-corrected chi connectivity index (χ3v) is 5.70. The highest BCUT2D eigenvalue weighted by atomic mass is 19.1. The van der Waals surface area contributed by atoms with Crippen molar-refractivity contribution in [1.29, 1.82) is 0 Å². The predicted octanol–water partition coefficient (Wildman–Crippen LogP) is 2.59. The SMILES string of the molecule is COc1cc(F)ccc1Cn1cc(CNc2nc(C)c3c(n2)N(C)[C@@H](C)C(=O)N3C)cn1. The minimum absolute atomic E-state index is 0.0117. The third-order valence-electron chi connectivity index (χ3n) is 5.70. The van der Waals surface area contributed by atoms with Crippen LogP contribution in [0.25, 0.3) is 0 Å². The minimum atomic E-state index is -0.341. The monoisotopic (exact) mass is 439 g/mol. The van der Waals surface area contributed by atoms with E-state index in [1.54, 1.807) is 28.9 Å². The average Bonchev–Trinajstić information content (AvgIpc) is 3.23. The molecule has 4 rings (SSSR count). The van der Waals surface area contributed by atoms with Crippen LogP contribution in [0.3, 0.4) is 0 Å². The molecule has 1 N–H and O–H groups in total. The molecule has 0 spiro atoms. The van der Waals surface area contributed by atoms with Crippen molar-refractivity contribution in [1.82, 2.24) is 19.7 Å². The zero-order valence-corrected chi connectivity index (χ0v) is 18.8.